The minimum absolute atomic E-state index is 0.0435. The van der Waals surface area contributed by atoms with Gasteiger partial charge < -0.3 is 20.1 Å². The number of rotatable bonds is 6. The summed E-state index contributed by atoms with van der Waals surface area (Å²) in [7, 11) is 3.05. The molecule has 144 valence electrons. The van der Waals surface area contributed by atoms with Crippen molar-refractivity contribution in [3.8, 4) is 11.5 Å². The van der Waals surface area contributed by atoms with E-state index >= 15 is 0 Å². The second-order valence-corrected chi connectivity index (χ2v) is 7.17. The highest BCUT2D eigenvalue weighted by atomic mass is 16.5. The van der Waals surface area contributed by atoms with Gasteiger partial charge in [-0.15, -0.1) is 0 Å². The molecule has 0 saturated heterocycles. The Morgan fingerprint density at radius 2 is 1.33 bits per heavy atom. The van der Waals surface area contributed by atoms with Crippen LogP contribution in [0.15, 0.2) is 42.5 Å². The molecule has 2 aromatic carbocycles. The van der Waals surface area contributed by atoms with Crippen molar-refractivity contribution in [1.82, 2.24) is 0 Å². The summed E-state index contributed by atoms with van der Waals surface area (Å²) in [6.07, 6.45) is -0.282. The summed E-state index contributed by atoms with van der Waals surface area (Å²) in [5.74, 6) is 0.271. The fourth-order valence-electron chi connectivity index (χ4n) is 2.52. The Bertz CT molecular complexity index is 808. The van der Waals surface area contributed by atoms with Crippen LogP contribution in [0.5, 0.6) is 11.5 Å². The number of methoxy groups -OCH3 is 2. The minimum atomic E-state index is -0.411. The van der Waals surface area contributed by atoms with E-state index in [4.69, 9.17) is 9.47 Å². The fraction of sp³-hybridized carbons (Fsp3) is 0.333. The number of benzene rings is 2. The summed E-state index contributed by atoms with van der Waals surface area (Å²) in [5.41, 5.74) is 2.40. The van der Waals surface area contributed by atoms with Crippen LogP contribution in [-0.4, -0.2) is 26.0 Å². The van der Waals surface area contributed by atoms with Crippen LogP contribution in [0.2, 0.25) is 0 Å². The maximum Gasteiger partial charge on any atom is 0.233 e. The van der Waals surface area contributed by atoms with Crippen LogP contribution >= 0.6 is 0 Å². The molecule has 27 heavy (non-hydrogen) atoms. The van der Waals surface area contributed by atoms with Crippen molar-refractivity contribution in [1.29, 1.82) is 0 Å². The molecule has 6 nitrogen and oxygen atoms in total. The van der Waals surface area contributed by atoms with Crippen molar-refractivity contribution < 1.29 is 19.1 Å². The van der Waals surface area contributed by atoms with Crippen molar-refractivity contribution in [2.75, 3.05) is 24.9 Å². The van der Waals surface area contributed by atoms with E-state index in [1.807, 2.05) is 24.3 Å². The molecule has 0 atom stereocenters. The van der Waals surface area contributed by atoms with Crippen LogP contribution in [0.1, 0.15) is 32.8 Å². The van der Waals surface area contributed by atoms with Gasteiger partial charge in [-0.25, -0.2) is 0 Å². The summed E-state index contributed by atoms with van der Waals surface area (Å²) in [6, 6.07) is 12.6. The number of carbonyl (C=O) groups is 2. The van der Waals surface area contributed by atoms with Gasteiger partial charge in [-0.3, -0.25) is 9.59 Å². The third-order valence-corrected chi connectivity index (χ3v) is 4.02. The van der Waals surface area contributed by atoms with Gasteiger partial charge in [0.2, 0.25) is 11.8 Å². The Hall–Kier alpha value is -3.02. The van der Waals surface area contributed by atoms with Crippen molar-refractivity contribution >= 4 is 23.2 Å². The van der Waals surface area contributed by atoms with Gasteiger partial charge in [0.1, 0.15) is 6.42 Å². The normalized spacial score (nSPS) is 10.9. The van der Waals surface area contributed by atoms with E-state index in [0.717, 1.165) is 0 Å². The highest BCUT2D eigenvalue weighted by molar-refractivity contribution is 6.08. The molecule has 0 aliphatic carbocycles. The van der Waals surface area contributed by atoms with E-state index < -0.39 is 5.91 Å². The van der Waals surface area contributed by atoms with Crippen molar-refractivity contribution in [3.63, 3.8) is 0 Å². The molecule has 0 radical (unpaired) electrons. The molecule has 0 fully saturated rings. The van der Waals surface area contributed by atoms with E-state index in [9.17, 15) is 9.59 Å². The lowest BCUT2D eigenvalue weighted by Crippen LogP contribution is -2.21. The van der Waals surface area contributed by atoms with Crippen LogP contribution in [-0.2, 0) is 15.0 Å². The molecule has 0 bridgehead atoms. The third kappa shape index (κ3) is 5.74. The topological polar surface area (TPSA) is 76.7 Å². The van der Waals surface area contributed by atoms with Crippen molar-refractivity contribution in [2.45, 2.75) is 32.6 Å². The number of hydrogen-bond acceptors (Lipinski definition) is 4. The van der Waals surface area contributed by atoms with Gasteiger partial charge in [-0.05, 0) is 35.2 Å². The standard InChI is InChI=1S/C21H26N2O4/c1-21(2,3)14-6-8-15(9-7-14)22-19(24)13-20(25)23-16-10-11-17(26-4)18(12-16)27-5/h6-12H,13H2,1-5H3,(H,22,24)(H,23,25). The first-order valence-corrected chi connectivity index (χ1v) is 8.65. The van der Waals surface area contributed by atoms with Gasteiger partial charge in [0.25, 0.3) is 0 Å². The van der Waals surface area contributed by atoms with Gasteiger partial charge in [0, 0.05) is 17.4 Å². The summed E-state index contributed by atoms with van der Waals surface area (Å²) < 4.78 is 10.4. The number of hydrogen-bond donors (Lipinski definition) is 2. The molecule has 0 aliphatic heterocycles. The zero-order valence-electron chi connectivity index (χ0n) is 16.4. The summed E-state index contributed by atoms with van der Waals surface area (Å²) in [5, 5.41) is 5.41. The third-order valence-electron chi connectivity index (χ3n) is 4.02. The SMILES string of the molecule is COc1ccc(NC(=O)CC(=O)Nc2ccc(C(C)(C)C)cc2)cc1OC. The van der Waals surface area contributed by atoms with Crippen LogP contribution in [0.25, 0.3) is 0 Å². The summed E-state index contributed by atoms with van der Waals surface area (Å²) in [4.78, 5) is 24.2. The zero-order valence-corrected chi connectivity index (χ0v) is 16.4. The smallest absolute Gasteiger partial charge is 0.233 e. The second-order valence-electron chi connectivity index (χ2n) is 7.17. The van der Waals surface area contributed by atoms with E-state index in [0.29, 0.717) is 22.9 Å². The number of nitrogens with one attached hydrogen (secondary N) is 2. The molecular weight excluding hydrogens is 344 g/mol. The van der Waals surface area contributed by atoms with Crippen molar-refractivity contribution in [3.05, 3.63) is 48.0 Å². The van der Waals surface area contributed by atoms with E-state index in [-0.39, 0.29) is 17.7 Å². The fourth-order valence-corrected chi connectivity index (χ4v) is 2.52. The maximum absolute atomic E-state index is 12.1. The van der Waals surface area contributed by atoms with E-state index in [1.165, 1.54) is 19.8 Å². The van der Waals surface area contributed by atoms with Gasteiger partial charge in [-0.1, -0.05) is 32.9 Å². The van der Waals surface area contributed by atoms with Crippen molar-refractivity contribution in [2.24, 2.45) is 0 Å². The zero-order chi connectivity index (χ0) is 20.0. The highest BCUT2D eigenvalue weighted by Gasteiger charge is 2.14. The Labute approximate surface area is 159 Å². The Morgan fingerprint density at radius 3 is 1.85 bits per heavy atom. The second kappa shape index (κ2) is 8.58. The summed E-state index contributed by atoms with van der Waals surface area (Å²) in [6.45, 7) is 6.37. The Morgan fingerprint density at radius 1 is 0.815 bits per heavy atom. The Balaban J connectivity index is 1.93. The predicted octanol–water partition coefficient (Wildman–Crippen LogP) is 3.97. The molecular formula is C21H26N2O4. The van der Waals surface area contributed by atoms with Gasteiger partial charge >= 0.3 is 0 Å². The largest absolute Gasteiger partial charge is 0.493 e. The lowest BCUT2D eigenvalue weighted by molar-refractivity contribution is -0.123. The first kappa shape index (κ1) is 20.3. The number of anilines is 2. The summed E-state index contributed by atoms with van der Waals surface area (Å²) >= 11 is 0. The molecule has 2 rings (SSSR count). The molecule has 0 spiro atoms. The highest BCUT2D eigenvalue weighted by Crippen LogP contribution is 2.29. The van der Waals surface area contributed by atoms with Gasteiger partial charge in [0.15, 0.2) is 11.5 Å². The monoisotopic (exact) mass is 370 g/mol. The van der Waals surface area contributed by atoms with Crippen LogP contribution in [0, 0.1) is 0 Å². The molecule has 0 unspecified atom stereocenters. The van der Waals surface area contributed by atoms with E-state index in [1.54, 1.807) is 18.2 Å². The molecule has 6 heteroatoms. The molecule has 0 aromatic heterocycles. The van der Waals surface area contributed by atoms with Crippen LogP contribution in [0.3, 0.4) is 0 Å². The lowest BCUT2D eigenvalue weighted by Gasteiger charge is -2.19. The van der Waals surface area contributed by atoms with Crippen LogP contribution < -0.4 is 20.1 Å². The molecule has 0 saturated carbocycles. The molecule has 0 heterocycles. The first-order valence-electron chi connectivity index (χ1n) is 8.65. The maximum atomic E-state index is 12.1. The molecule has 0 aliphatic rings. The number of carbonyl (C=O) groups excluding carboxylic acids is 2. The molecule has 2 N–H and O–H groups in total. The van der Waals surface area contributed by atoms with Gasteiger partial charge in [-0.2, -0.15) is 0 Å². The minimum Gasteiger partial charge on any atom is -0.493 e. The first-order chi connectivity index (χ1) is 12.7. The Kier molecular flexibility index (Phi) is 6.45. The quantitative estimate of drug-likeness (QED) is 0.755. The van der Waals surface area contributed by atoms with Gasteiger partial charge in [0.05, 0.1) is 14.2 Å². The average Bonchev–Trinajstić information content (AvgIpc) is 2.61. The van der Waals surface area contributed by atoms with Crippen LogP contribution in [0.4, 0.5) is 11.4 Å². The predicted molar refractivity (Wildman–Crippen MR) is 107 cm³/mol. The molecule has 2 aromatic rings. The number of amides is 2. The average molecular weight is 370 g/mol. The van der Waals surface area contributed by atoms with E-state index in [2.05, 4.69) is 31.4 Å². The number of ether oxygens (including phenoxy) is 2. The lowest BCUT2D eigenvalue weighted by atomic mass is 9.87. The molecule has 2 amide bonds.